The van der Waals surface area contributed by atoms with Gasteiger partial charge in [-0.25, -0.2) is 0 Å². The lowest BCUT2D eigenvalue weighted by Crippen LogP contribution is -2.44. The first-order valence-electron chi connectivity index (χ1n) is 7.04. The average Bonchev–Trinajstić information content (AvgIpc) is 2.38. The lowest BCUT2D eigenvalue weighted by Gasteiger charge is -2.33. The molecule has 94 valence electrons. The Morgan fingerprint density at radius 2 is 1.69 bits per heavy atom. The second-order valence-electron chi connectivity index (χ2n) is 5.26. The van der Waals surface area contributed by atoms with Gasteiger partial charge in [0.2, 0.25) is 0 Å². The van der Waals surface area contributed by atoms with E-state index in [2.05, 4.69) is 22.0 Å². The number of nitrogens with one attached hydrogen (secondary N) is 1. The maximum atomic E-state index is 3.42. The summed E-state index contributed by atoms with van der Waals surface area (Å²) in [6.07, 6.45) is 4.29. The van der Waals surface area contributed by atoms with Crippen LogP contribution in [-0.2, 0) is 0 Å². The molecule has 0 spiro atoms. The highest BCUT2D eigenvalue weighted by atomic mass is 15.2. The third-order valence-electron chi connectivity index (χ3n) is 4.22. The third kappa shape index (κ3) is 3.72. The van der Waals surface area contributed by atoms with Crippen LogP contribution < -0.4 is 5.32 Å². The fourth-order valence-electron chi connectivity index (χ4n) is 2.89. The van der Waals surface area contributed by atoms with Gasteiger partial charge in [-0.3, -0.25) is 0 Å². The smallest absolute Gasteiger partial charge is 0.0107 e. The molecule has 3 heteroatoms. The van der Waals surface area contributed by atoms with E-state index < -0.39 is 0 Å². The Hall–Kier alpha value is -0.120. The van der Waals surface area contributed by atoms with Crippen LogP contribution in [0.3, 0.4) is 0 Å². The van der Waals surface area contributed by atoms with Gasteiger partial charge in [-0.1, -0.05) is 6.92 Å². The minimum Gasteiger partial charge on any atom is -0.314 e. The number of likely N-dealkylation sites (tertiary alicyclic amines) is 1. The monoisotopic (exact) mass is 225 g/mol. The minimum absolute atomic E-state index is 0.998. The molecule has 0 amide bonds. The van der Waals surface area contributed by atoms with Gasteiger partial charge in [-0.15, -0.1) is 0 Å². The van der Waals surface area contributed by atoms with Crippen LogP contribution in [0.2, 0.25) is 0 Å². The molecule has 2 aliphatic rings. The summed E-state index contributed by atoms with van der Waals surface area (Å²) >= 11 is 0. The molecule has 2 saturated heterocycles. The van der Waals surface area contributed by atoms with Crippen molar-refractivity contribution in [3.8, 4) is 0 Å². The molecule has 2 aliphatic heterocycles. The fraction of sp³-hybridized carbons (Fsp3) is 1.00. The molecule has 2 heterocycles. The van der Waals surface area contributed by atoms with Gasteiger partial charge in [-0.05, 0) is 51.4 Å². The van der Waals surface area contributed by atoms with Gasteiger partial charge in [0.25, 0.3) is 0 Å². The molecule has 16 heavy (non-hydrogen) atoms. The lowest BCUT2D eigenvalue weighted by atomic mass is 9.93. The zero-order chi connectivity index (χ0) is 11.2. The van der Waals surface area contributed by atoms with E-state index in [1.165, 1.54) is 71.6 Å². The second-order valence-corrected chi connectivity index (χ2v) is 5.26. The highest BCUT2D eigenvalue weighted by Crippen LogP contribution is 2.20. The van der Waals surface area contributed by atoms with Crippen molar-refractivity contribution in [3.63, 3.8) is 0 Å². The first kappa shape index (κ1) is 12.3. The molecule has 2 fully saturated rings. The van der Waals surface area contributed by atoms with Crippen LogP contribution in [0, 0.1) is 5.92 Å². The molecule has 0 saturated carbocycles. The van der Waals surface area contributed by atoms with Crippen LogP contribution in [0.25, 0.3) is 0 Å². The number of rotatable bonds is 4. The summed E-state index contributed by atoms with van der Waals surface area (Å²) in [7, 11) is 0. The van der Waals surface area contributed by atoms with Gasteiger partial charge in [-0.2, -0.15) is 0 Å². The van der Waals surface area contributed by atoms with Crippen molar-refractivity contribution in [2.45, 2.75) is 26.2 Å². The predicted molar refractivity (Wildman–Crippen MR) is 68.8 cm³/mol. The Morgan fingerprint density at radius 1 is 1.00 bits per heavy atom. The normalized spacial score (nSPS) is 26.1. The van der Waals surface area contributed by atoms with Gasteiger partial charge in [0.05, 0.1) is 0 Å². The first-order valence-corrected chi connectivity index (χ1v) is 7.04. The summed E-state index contributed by atoms with van der Waals surface area (Å²) < 4.78 is 0. The fourth-order valence-corrected chi connectivity index (χ4v) is 2.89. The summed E-state index contributed by atoms with van der Waals surface area (Å²) in [6.45, 7) is 12.4. The lowest BCUT2D eigenvalue weighted by molar-refractivity contribution is 0.163. The van der Waals surface area contributed by atoms with Crippen molar-refractivity contribution in [3.05, 3.63) is 0 Å². The van der Waals surface area contributed by atoms with Gasteiger partial charge in [0.15, 0.2) is 0 Å². The van der Waals surface area contributed by atoms with E-state index in [4.69, 9.17) is 0 Å². The highest BCUT2D eigenvalue weighted by molar-refractivity contribution is 4.74. The Bertz CT molecular complexity index is 182. The summed E-state index contributed by atoms with van der Waals surface area (Å²) in [5, 5.41) is 3.42. The van der Waals surface area contributed by atoms with Gasteiger partial charge in [0.1, 0.15) is 0 Å². The molecule has 3 nitrogen and oxygen atoms in total. The van der Waals surface area contributed by atoms with E-state index in [-0.39, 0.29) is 0 Å². The second kappa shape index (κ2) is 6.58. The Kier molecular flexibility index (Phi) is 5.07. The van der Waals surface area contributed by atoms with Crippen molar-refractivity contribution in [1.29, 1.82) is 0 Å². The van der Waals surface area contributed by atoms with Gasteiger partial charge in [0, 0.05) is 26.2 Å². The standard InChI is InChI=1S/C13H27N3/c1-2-15-8-3-13(4-9-15)5-10-16-11-6-14-7-12-16/h13-14H,2-12H2,1H3. The van der Waals surface area contributed by atoms with Crippen molar-refractivity contribution in [2.75, 3.05) is 52.4 Å². The van der Waals surface area contributed by atoms with E-state index in [1.54, 1.807) is 0 Å². The molecule has 0 bridgehead atoms. The first-order chi connectivity index (χ1) is 7.88. The Morgan fingerprint density at radius 3 is 2.31 bits per heavy atom. The summed E-state index contributed by atoms with van der Waals surface area (Å²) in [6, 6.07) is 0. The maximum absolute atomic E-state index is 3.42. The molecule has 0 unspecified atom stereocenters. The van der Waals surface area contributed by atoms with E-state index in [0.29, 0.717) is 0 Å². The molecular formula is C13H27N3. The molecule has 1 N–H and O–H groups in total. The zero-order valence-corrected chi connectivity index (χ0v) is 10.7. The van der Waals surface area contributed by atoms with Crippen LogP contribution in [0.15, 0.2) is 0 Å². The number of hydrogen-bond donors (Lipinski definition) is 1. The molecule has 2 rings (SSSR count). The molecule has 0 aromatic rings. The Balaban J connectivity index is 1.59. The van der Waals surface area contributed by atoms with Crippen LogP contribution in [-0.4, -0.2) is 62.2 Å². The quantitative estimate of drug-likeness (QED) is 0.770. The number of nitrogens with zero attached hydrogens (tertiary/aromatic N) is 2. The van der Waals surface area contributed by atoms with E-state index in [1.807, 2.05) is 0 Å². The van der Waals surface area contributed by atoms with Gasteiger partial charge >= 0.3 is 0 Å². The van der Waals surface area contributed by atoms with Crippen LogP contribution >= 0.6 is 0 Å². The van der Waals surface area contributed by atoms with Crippen LogP contribution in [0.1, 0.15) is 26.2 Å². The van der Waals surface area contributed by atoms with Crippen LogP contribution in [0.4, 0.5) is 0 Å². The Labute approximate surface area is 100 Å². The highest BCUT2D eigenvalue weighted by Gasteiger charge is 2.19. The van der Waals surface area contributed by atoms with E-state index in [9.17, 15) is 0 Å². The molecule has 0 aromatic heterocycles. The summed E-state index contributed by atoms with van der Waals surface area (Å²) in [5.74, 6) is 0.998. The van der Waals surface area contributed by atoms with E-state index >= 15 is 0 Å². The number of hydrogen-bond acceptors (Lipinski definition) is 3. The van der Waals surface area contributed by atoms with E-state index in [0.717, 1.165) is 5.92 Å². The third-order valence-corrected chi connectivity index (χ3v) is 4.22. The molecule has 0 radical (unpaired) electrons. The average molecular weight is 225 g/mol. The number of piperidine rings is 1. The van der Waals surface area contributed by atoms with Crippen molar-refractivity contribution < 1.29 is 0 Å². The summed E-state index contributed by atoms with van der Waals surface area (Å²) in [5.41, 5.74) is 0. The summed E-state index contributed by atoms with van der Waals surface area (Å²) in [4.78, 5) is 5.21. The largest absolute Gasteiger partial charge is 0.314 e. The van der Waals surface area contributed by atoms with Crippen LogP contribution in [0.5, 0.6) is 0 Å². The molecule has 0 atom stereocenters. The molecule has 0 aromatic carbocycles. The zero-order valence-electron chi connectivity index (χ0n) is 10.7. The number of piperazine rings is 1. The SMILES string of the molecule is CCN1CCC(CCN2CCNCC2)CC1. The minimum atomic E-state index is 0.998. The van der Waals surface area contributed by atoms with Crippen molar-refractivity contribution in [1.82, 2.24) is 15.1 Å². The van der Waals surface area contributed by atoms with Crippen molar-refractivity contribution >= 4 is 0 Å². The molecule has 0 aliphatic carbocycles. The van der Waals surface area contributed by atoms with Gasteiger partial charge < -0.3 is 15.1 Å². The van der Waals surface area contributed by atoms with Crippen molar-refractivity contribution in [2.24, 2.45) is 5.92 Å². The molecular weight excluding hydrogens is 198 g/mol. The maximum Gasteiger partial charge on any atom is 0.0107 e. The predicted octanol–water partition coefficient (Wildman–Crippen LogP) is 1.01. The topological polar surface area (TPSA) is 18.5 Å².